The predicted octanol–water partition coefficient (Wildman–Crippen LogP) is 0.297. The summed E-state index contributed by atoms with van der Waals surface area (Å²) in [6.45, 7) is 0. The molecule has 0 bridgehead atoms. The van der Waals surface area contributed by atoms with Crippen LogP contribution in [0.5, 0.6) is 0 Å². The van der Waals surface area contributed by atoms with Crippen molar-refractivity contribution in [2.75, 3.05) is 5.75 Å². The molecule has 3 N–H and O–H groups in total. The molecule has 2 saturated heterocycles. The van der Waals surface area contributed by atoms with Gasteiger partial charge >= 0.3 is 49.7 Å². The van der Waals surface area contributed by atoms with Crippen LogP contribution in [-0.4, -0.2) is 77.9 Å². The molecule has 2 amide bonds. The van der Waals surface area contributed by atoms with Gasteiger partial charge in [-0.15, -0.1) is 0 Å². The number of carboxylic acid groups (broad SMARTS) is 1. The van der Waals surface area contributed by atoms with Crippen LogP contribution in [0.3, 0.4) is 0 Å². The van der Waals surface area contributed by atoms with Crippen molar-refractivity contribution >= 4 is 61.5 Å². The molecule has 98 valence electrons. The van der Waals surface area contributed by atoms with Gasteiger partial charge in [-0.25, -0.2) is 4.79 Å². The number of hydrogen-bond donors (Lipinski definition) is 3. The monoisotopic (exact) mass is 300 g/mol. The van der Waals surface area contributed by atoms with Gasteiger partial charge in [0.05, 0.1) is 12.1 Å². The van der Waals surface area contributed by atoms with Crippen molar-refractivity contribution in [3.05, 3.63) is 0 Å². The first-order valence-corrected chi connectivity index (χ1v) is 6.62. The maximum Gasteiger partial charge on any atom is 2.00 e. The number of unbranched alkanes of at least 4 members (excludes halogenated alkanes) is 1. The fourth-order valence-electron chi connectivity index (χ4n) is 2.26. The number of hydrogen-bond acceptors (Lipinski definition) is 3. The van der Waals surface area contributed by atoms with Gasteiger partial charge in [0.2, 0.25) is 0 Å². The van der Waals surface area contributed by atoms with E-state index in [1.807, 2.05) is 11.8 Å². The minimum absolute atomic E-state index is 0. The number of amides is 2. The van der Waals surface area contributed by atoms with Crippen LogP contribution in [0.2, 0.25) is 0 Å². The van der Waals surface area contributed by atoms with Gasteiger partial charge in [-0.3, -0.25) is 4.79 Å². The summed E-state index contributed by atoms with van der Waals surface area (Å²) < 4.78 is 0. The van der Waals surface area contributed by atoms with Gasteiger partial charge in [-0.1, -0.05) is 6.42 Å². The molecule has 18 heavy (non-hydrogen) atoms. The average molecular weight is 300 g/mol. The molecule has 3 atom stereocenters. The molecule has 2 heterocycles. The van der Waals surface area contributed by atoms with Crippen LogP contribution in [-0.2, 0) is 10.3 Å². The van der Waals surface area contributed by atoms with E-state index in [0.29, 0.717) is 5.25 Å². The Balaban J connectivity index is 0.00000144. The first-order chi connectivity index (χ1) is 7.66. The van der Waals surface area contributed by atoms with Gasteiger partial charge in [0.15, 0.2) is 0 Å². The van der Waals surface area contributed by atoms with Crippen molar-refractivity contribution in [1.82, 2.24) is 10.6 Å². The summed E-state index contributed by atoms with van der Waals surface area (Å²) in [6, 6.07) is 0.440. The predicted molar refractivity (Wildman–Crippen MR) is 68.0 cm³/mol. The minimum atomic E-state index is -0.729. The third-order valence-corrected chi connectivity index (χ3v) is 4.58. The Bertz CT molecular complexity index is 306. The molecule has 0 spiro atoms. The molecule has 2 fully saturated rings. The number of thioether (sulfide) groups is 1. The smallest absolute Gasteiger partial charge is 2.00 e. The average Bonchev–Trinajstić information content (AvgIpc) is 2.72. The van der Waals surface area contributed by atoms with Crippen molar-refractivity contribution < 1.29 is 20.2 Å². The first-order valence-electron chi connectivity index (χ1n) is 5.57. The molecule has 0 aromatic carbocycles. The Labute approximate surface area is 140 Å². The topological polar surface area (TPSA) is 107 Å². The van der Waals surface area contributed by atoms with E-state index in [-0.39, 0.29) is 67.8 Å². The number of rotatable bonds is 5. The van der Waals surface area contributed by atoms with Crippen LogP contribution in [0, 0.1) is 0 Å². The number of fused-ring (bicyclic) bond motifs is 1. The molecule has 0 aliphatic carbocycles. The number of carbonyl (C=O) groups is 2. The fraction of sp³-hybridized carbons (Fsp3) is 0.800. The Kier molecular flexibility index (Phi) is 8.62. The van der Waals surface area contributed by atoms with Gasteiger partial charge in [-0.05, 0) is 12.8 Å². The van der Waals surface area contributed by atoms with Gasteiger partial charge in [-0.2, -0.15) is 11.8 Å². The van der Waals surface area contributed by atoms with E-state index >= 15 is 0 Å². The first kappa shape index (κ1) is 18.3. The van der Waals surface area contributed by atoms with E-state index in [9.17, 15) is 9.59 Å². The number of urea groups is 1. The molecule has 6 nitrogen and oxygen atoms in total. The van der Waals surface area contributed by atoms with Gasteiger partial charge in [0.25, 0.3) is 0 Å². The summed E-state index contributed by atoms with van der Waals surface area (Å²) >= 11 is 1.87. The van der Waals surface area contributed by atoms with E-state index in [1.54, 1.807) is 0 Å². The molecule has 8 heteroatoms. The van der Waals surface area contributed by atoms with E-state index in [1.165, 1.54) is 0 Å². The normalized spacial score (nSPS) is 28.4. The second-order valence-corrected chi connectivity index (χ2v) is 5.53. The molecule has 2 aliphatic heterocycles. The summed E-state index contributed by atoms with van der Waals surface area (Å²) in [5.74, 6) is 0.236. The second-order valence-electron chi connectivity index (χ2n) is 4.26. The zero-order valence-corrected chi connectivity index (χ0v) is 13.1. The Morgan fingerprint density at radius 2 is 2.11 bits per heavy atom. The molecule has 2 aliphatic rings. The Morgan fingerprint density at radius 3 is 2.78 bits per heavy atom. The van der Waals surface area contributed by atoms with Crippen LogP contribution in [0.25, 0.3) is 0 Å². The largest absolute Gasteiger partial charge is 2.00 e. The molecule has 0 saturated carbocycles. The van der Waals surface area contributed by atoms with Crippen molar-refractivity contribution in [2.45, 2.75) is 43.0 Å². The van der Waals surface area contributed by atoms with E-state index in [0.717, 1.165) is 25.0 Å². The summed E-state index contributed by atoms with van der Waals surface area (Å²) in [7, 11) is 0. The van der Waals surface area contributed by atoms with Crippen LogP contribution < -0.4 is 10.6 Å². The SMILES string of the molecule is O=C(O)CCCC[C@@H]1SC[C@@H]2NC(=O)N[C@@H]21.[Ca+2].[O-2]. The van der Waals surface area contributed by atoms with Crippen LogP contribution >= 0.6 is 11.8 Å². The van der Waals surface area contributed by atoms with Crippen molar-refractivity contribution in [3.8, 4) is 0 Å². The summed E-state index contributed by atoms with van der Waals surface area (Å²) in [5, 5.41) is 14.8. The van der Waals surface area contributed by atoms with Crippen LogP contribution in [0.4, 0.5) is 4.79 Å². The van der Waals surface area contributed by atoms with E-state index in [2.05, 4.69) is 10.6 Å². The molecule has 0 radical (unpaired) electrons. The molecule has 0 aromatic heterocycles. The molecule has 0 unspecified atom stereocenters. The van der Waals surface area contributed by atoms with Gasteiger partial charge in [0.1, 0.15) is 0 Å². The standard InChI is InChI=1S/C10H16N2O3S.Ca.O/c13-8(14)4-2-1-3-7-9-6(5-16-7)11-10(15)12-9;;/h6-7,9H,1-5H2,(H,13,14)(H2,11,12,15);;/q;+2;-2/t6-,7-,9-;;/m0../s1. The van der Waals surface area contributed by atoms with Gasteiger partial charge < -0.3 is 21.2 Å². The van der Waals surface area contributed by atoms with Crippen LogP contribution in [0.15, 0.2) is 0 Å². The molecule has 0 aromatic rings. The van der Waals surface area contributed by atoms with E-state index < -0.39 is 5.97 Å². The second kappa shape index (κ2) is 8.47. The molecular formula is C10H16CaN2O4S. The number of aliphatic carboxylic acids is 1. The van der Waals surface area contributed by atoms with Crippen LogP contribution in [0.1, 0.15) is 25.7 Å². The molecular weight excluding hydrogens is 284 g/mol. The quantitative estimate of drug-likeness (QED) is 0.385. The summed E-state index contributed by atoms with van der Waals surface area (Å²) in [6.07, 6.45) is 2.88. The maximum atomic E-state index is 11.1. The summed E-state index contributed by atoms with van der Waals surface area (Å²) in [5.41, 5.74) is 0. The Morgan fingerprint density at radius 1 is 1.39 bits per heavy atom. The van der Waals surface area contributed by atoms with Crippen molar-refractivity contribution in [1.29, 1.82) is 0 Å². The fourth-order valence-corrected chi connectivity index (χ4v) is 3.81. The number of carboxylic acids is 1. The van der Waals surface area contributed by atoms with E-state index in [4.69, 9.17) is 5.11 Å². The minimum Gasteiger partial charge on any atom is -2.00 e. The zero-order chi connectivity index (χ0) is 11.5. The maximum absolute atomic E-state index is 11.1. The number of nitrogens with one attached hydrogen (secondary N) is 2. The number of carbonyl (C=O) groups excluding carboxylic acids is 1. The summed E-state index contributed by atoms with van der Waals surface area (Å²) in [4.78, 5) is 21.5. The zero-order valence-electron chi connectivity index (χ0n) is 10.1. The van der Waals surface area contributed by atoms with Crippen molar-refractivity contribution in [3.63, 3.8) is 0 Å². The third kappa shape index (κ3) is 4.77. The third-order valence-electron chi connectivity index (χ3n) is 3.07. The van der Waals surface area contributed by atoms with Gasteiger partial charge in [0, 0.05) is 17.4 Å². The van der Waals surface area contributed by atoms with Crippen molar-refractivity contribution in [2.24, 2.45) is 0 Å². The molecule has 2 rings (SSSR count). The Hall–Kier alpha value is 0.310.